The highest BCUT2D eigenvalue weighted by atomic mass is 16.5. The fourth-order valence-corrected chi connectivity index (χ4v) is 2.95. The van der Waals surface area contributed by atoms with Crippen LogP contribution in [0.5, 0.6) is 0 Å². The van der Waals surface area contributed by atoms with Crippen molar-refractivity contribution in [2.45, 2.75) is 71.1 Å². The molecule has 2 heterocycles. The first-order valence-electron chi connectivity index (χ1n) is 8.00. The van der Waals surface area contributed by atoms with Crippen LogP contribution in [0.1, 0.15) is 58.7 Å². The first-order valence-corrected chi connectivity index (χ1v) is 8.00. The standard InChI is InChI=1S/C16H29N3O/c1-5-13(3)19-10-8-14(18-19)12-15(17-6-2)16(4)9-7-11-20-16/h8,10,13,15,17H,5-7,9,11-12H2,1-4H3. The number of nitrogens with one attached hydrogen (secondary N) is 1. The van der Waals surface area contributed by atoms with Crippen molar-refractivity contribution in [3.8, 4) is 0 Å². The van der Waals surface area contributed by atoms with Crippen molar-refractivity contribution in [2.75, 3.05) is 13.2 Å². The van der Waals surface area contributed by atoms with Gasteiger partial charge in [0.2, 0.25) is 0 Å². The highest BCUT2D eigenvalue weighted by Crippen LogP contribution is 2.30. The molecule has 1 aliphatic rings. The Morgan fingerprint density at radius 2 is 2.30 bits per heavy atom. The summed E-state index contributed by atoms with van der Waals surface area (Å²) in [4.78, 5) is 0. The Kier molecular flexibility index (Phi) is 5.22. The predicted octanol–water partition coefficient (Wildman–Crippen LogP) is 2.94. The minimum Gasteiger partial charge on any atom is -0.374 e. The molecule has 3 atom stereocenters. The average molecular weight is 279 g/mol. The first-order chi connectivity index (χ1) is 9.59. The summed E-state index contributed by atoms with van der Waals surface area (Å²) in [6.45, 7) is 10.7. The summed E-state index contributed by atoms with van der Waals surface area (Å²) in [5.41, 5.74) is 1.11. The van der Waals surface area contributed by atoms with E-state index in [0.717, 1.165) is 38.1 Å². The minimum atomic E-state index is -0.0455. The summed E-state index contributed by atoms with van der Waals surface area (Å²) in [7, 11) is 0. The number of likely N-dealkylation sites (N-methyl/N-ethyl adjacent to an activating group) is 1. The van der Waals surface area contributed by atoms with Crippen molar-refractivity contribution in [1.29, 1.82) is 0 Å². The SMILES string of the molecule is CCNC(Cc1ccn(C(C)CC)n1)C1(C)CCCO1. The van der Waals surface area contributed by atoms with E-state index in [9.17, 15) is 0 Å². The fraction of sp³-hybridized carbons (Fsp3) is 0.812. The van der Waals surface area contributed by atoms with Gasteiger partial charge in [0.1, 0.15) is 0 Å². The van der Waals surface area contributed by atoms with E-state index in [1.807, 2.05) is 0 Å². The van der Waals surface area contributed by atoms with Crippen molar-refractivity contribution in [2.24, 2.45) is 0 Å². The molecule has 2 rings (SSSR count). The Labute approximate surface area is 122 Å². The van der Waals surface area contributed by atoms with E-state index < -0.39 is 0 Å². The van der Waals surface area contributed by atoms with Gasteiger partial charge in [0.25, 0.3) is 0 Å². The van der Waals surface area contributed by atoms with Crippen LogP contribution in [0.3, 0.4) is 0 Å². The van der Waals surface area contributed by atoms with Crippen LogP contribution in [0.4, 0.5) is 0 Å². The topological polar surface area (TPSA) is 39.1 Å². The third kappa shape index (κ3) is 3.41. The van der Waals surface area contributed by atoms with Crippen LogP contribution in [0, 0.1) is 0 Å². The van der Waals surface area contributed by atoms with E-state index in [1.54, 1.807) is 0 Å². The molecule has 1 fully saturated rings. The molecule has 4 nitrogen and oxygen atoms in total. The zero-order chi connectivity index (χ0) is 14.6. The largest absolute Gasteiger partial charge is 0.374 e. The van der Waals surface area contributed by atoms with Crippen LogP contribution in [0.2, 0.25) is 0 Å². The van der Waals surface area contributed by atoms with Crippen LogP contribution >= 0.6 is 0 Å². The molecule has 20 heavy (non-hydrogen) atoms. The van der Waals surface area contributed by atoms with Crippen molar-refractivity contribution in [3.05, 3.63) is 18.0 Å². The zero-order valence-corrected chi connectivity index (χ0v) is 13.4. The number of hydrogen-bond donors (Lipinski definition) is 1. The highest BCUT2D eigenvalue weighted by molar-refractivity contribution is 5.06. The maximum Gasteiger partial charge on any atom is 0.0811 e. The van der Waals surface area contributed by atoms with Gasteiger partial charge in [-0.15, -0.1) is 0 Å². The van der Waals surface area contributed by atoms with Gasteiger partial charge in [0, 0.05) is 31.3 Å². The molecule has 1 saturated heterocycles. The van der Waals surface area contributed by atoms with Crippen LogP contribution in [0.15, 0.2) is 12.3 Å². The fourth-order valence-electron chi connectivity index (χ4n) is 2.95. The van der Waals surface area contributed by atoms with Gasteiger partial charge in [0.15, 0.2) is 0 Å². The van der Waals surface area contributed by atoms with Gasteiger partial charge < -0.3 is 10.1 Å². The summed E-state index contributed by atoms with van der Waals surface area (Å²) < 4.78 is 8.09. The van der Waals surface area contributed by atoms with Gasteiger partial charge in [-0.3, -0.25) is 4.68 Å². The van der Waals surface area contributed by atoms with Gasteiger partial charge in [-0.25, -0.2) is 0 Å². The van der Waals surface area contributed by atoms with Crippen LogP contribution in [-0.2, 0) is 11.2 Å². The smallest absolute Gasteiger partial charge is 0.0811 e. The summed E-state index contributed by atoms with van der Waals surface area (Å²) in [6, 6.07) is 2.96. The Morgan fingerprint density at radius 1 is 1.50 bits per heavy atom. The van der Waals surface area contributed by atoms with E-state index in [1.165, 1.54) is 6.42 Å². The van der Waals surface area contributed by atoms with Crippen molar-refractivity contribution in [3.63, 3.8) is 0 Å². The molecule has 0 radical (unpaired) electrons. The van der Waals surface area contributed by atoms with Crippen LogP contribution < -0.4 is 5.32 Å². The number of hydrogen-bond acceptors (Lipinski definition) is 3. The maximum atomic E-state index is 6.01. The molecule has 1 aromatic heterocycles. The Balaban J connectivity index is 2.06. The van der Waals surface area contributed by atoms with Crippen molar-refractivity contribution >= 4 is 0 Å². The summed E-state index contributed by atoms with van der Waals surface area (Å²) in [6.07, 6.45) is 6.45. The Bertz CT molecular complexity index is 410. The number of aromatic nitrogens is 2. The lowest BCUT2D eigenvalue weighted by Crippen LogP contribution is -2.49. The van der Waals surface area contributed by atoms with Gasteiger partial charge in [-0.05, 0) is 45.7 Å². The lowest BCUT2D eigenvalue weighted by molar-refractivity contribution is -0.0113. The quantitative estimate of drug-likeness (QED) is 0.834. The molecule has 114 valence electrons. The van der Waals surface area contributed by atoms with Gasteiger partial charge in [0.05, 0.1) is 11.3 Å². The van der Waals surface area contributed by atoms with Crippen LogP contribution in [0.25, 0.3) is 0 Å². The van der Waals surface area contributed by atoms with Gasteiger partial charge >= 0.3 is 0 Å². The van der Waals surface area contributed by atoms with Crippen molar-refractivity contribution < 1.29 is 4.74 Å². The molecule has 0 saturated carbocycles. The normalized spacial score (nSPS) is 25.8. The van der Waals surface area contributed by atoms with Crippen LogP contribution in [-0.4, -0.2) is 34.6 Å². The Morgan fingerprint density at radius 3 is 2.90 bits per heavy atom. The molecule has 0 amide bonds. The number of nitrogens with zero attached hydrogens (tertiary/aromatic N) is 2. The monoisotopic (exact) mass is 279 g/mol. The van der Waals surface area contributed by atoms with E-state index in [2.05, 4.69) is 50.0 Å². The molecular formula is C16H29N3O. The molecule has 1 N–H and O–H groups in total. The second kappa shape index (κ2) is 6.72. The predicted molar refractivity (Wildman–Crippen MR) is 82.0 cm³/mol. The lowest BCUT2D eigenvalue weighted by atomic mass is 9.89. The first kappa shape index (κ1) is 15.5. The molecule has 0 spiro atoms. The second-order valence-electron chi connectivity index (χ2n) is 6.12. The number of ether oxygens (including phenoxy) is 1. The Hall–Kier alpha value is -0.870. The third-order valence-electron chi connectivity index (χ3n) is 4.56. The molecule has 0 bridgehead atoms. The summed E-state index contributed by atoms with van der Waals surface area (Å²) >= 11 is 0. The molecule has 0 aromatic carbocycles. The highest BCUT2D eigenvalue weighted by Gasteiger charge is 2.38. The van der Waals surface area contributed by atoms with E-state index >= 15 is 0 Å². The molecule has 0 aliphatic carbocycles. The molecule has 1 aromatic rings. The minimum absolute atomic E-state index is 0.0455. The molecule has 4 heteroatoms. The second-order valence-corrected chi connectivity index (χ2v) is 6.12. The number of rotatable bonds is 7. The van der Waals surface area contributed by atoms with E-state index in [4.69, 9.17) is 9.84 Å². The molecule has 1 aliphatic heterocycles. The lowest BCUT2D eigenvalue weighted by Gasteiger charge is -2.33. The summed E-state index contributed by atoms with van der Waals surface area (Å²) in [5, 5.41) is 8.32. The zero-order valence-electron chi connectivity index (χ0n) is 13.4. The summed E-state index contributed by atoms with van der Waals surface area (Å²) in [5.74, 6) is 0. The average Bonchev–Trinajstić information content (AvgIpc) is 3.07. The van der Waals surface area contributed by atoms with Gasteiger partial charge in [-0.1, -0.05) is 13.8 Å². The maximum absolute atomic E-state index is 6.01. The van der Waals surface area contributed by atoms with E-state index in [-0.39, 0.29) is 5.60 Å². The van der Waals surface area contributed by atoms with E-state index in [0.29, 0.717) is 12.1 Å². The molecule has 3 unspecified atom stereocenters. The van der Waals surface area contributed by atoms with Gasteiger partial charge in [-0.2, -0.15) is 5.10 Å². The van der Waals surface area contributed by atoms with Crippen molar-refractivity contribution in [1.82, 2.24) is 15.1 Å². The third-order valence-corrected chi connectivity index (χ3v) is 4.56. The molecular weight excluding hydrogens is 250 g/mol.